The number of aryl methyl sites for hydroxylation is 1. The van der Waals surface area contributed by atoms with Gasteiger partial charge in [0.25, 0.3) is 0 Å². The maximum atomic E-state index is 11.3. The summed E-state index contributed by atoms with van der Waals surface area (Å²) in [5.74, 6) is 0.329. The number of nitrogens with two attached hydrogens (primary N) is 1. The maximum Gasteiger partial charge on any atom is 0.332 e. The van der Waals surface area contributed by atoms with E-state index >= 15 is 0 Å². The van der Waals surface area contributed by atoms with Crippen LogP contribution in [0.15, 0.2) is 0 Å². The van der Waals surface area contributed by atoms with Crippen molar-refractivity contribution in [2.24, 2.45) is 0 Å². The fraction of sp³-hybridized carbons (Fsp3) is 0.667. The third-order valence-electron chi connectivity index (χ3n) is 3.69. The molecule has 0 amide bonds. The van der Waals surface area contributed by atoms with Gasteiger partial charge in [-0.1, -0.05) is 0 Å². The summed E-state index contributed by atoms with van der Waals surface area (Å²) in [6.07, 6.45) is 1.79. The van der Waals surface area contributed by atoms with Crippen LogP contribution in [0, 0.1) is 17.0 Å². The minimum atomic E-state index is -0.456. The molecule has 1 fully saturated rings. The van der Waals surface area contributed by atoms with Crippen molar-refractivity contribution in [3.05, 3.63) is 15.8 Å². The molecule has 0 saturated carbocycles. The minimum Gasteiger partial charge on any atom is -0.377 e. The van der Waals surface area contributed by atoms with Gasteiger partial charge in [0.15, 0.2) is 0 Å². The Morgan fingerprint density at radius 2 is 2.20 bits per heavy atom. The van der Waals surface area contributed by atoms with E-state index in [0.717, 1.165) is 12.8 Å². The second kappa shape index (κ2) is 5.20. The first-order valence-corrected chi connectivity index (χ1v) is 6.45. The van der Waals surface area contributed by atoms with Crippen molar-refractivity contribution in [2.45, 2.75) is 32.3 Å². The van der Waals surface area contributed by atoms with E-state index in [9.17, 15) is 10.1 Å². The summed E-state index contributed by atoms with van der Waals surface area (Å²) >= 11 is 0. The molecule has 8 heteroatoms. The second-order valence-electron chi connectivity index (χ2n) is 5.28. The van der Waals surface area contributed by atoms with Crippen LogP contribution < -0.4 is 10.6 Å². The normalized spacial score (nSPS) is 22.9. The van der Waals surface area contributed by atoms with E-state index in [-0.39, 0.29) is 28.7 Å². The van der Waals surface area contributed by atoms with Crippen LogP contribution in [0.4, 0.5) is 17.5 Å². The number of methoxy groups -OCH3 is 1. The molecule has 0 radical (unpaired) electrons. The van der Waals surface area contributed by atoms with Crippen LogP contribution in [0.5, 0.6) is 0 Å². The number of anilines is 2. The standard InChI is InChI=1S/C12H19N5O3/c1-8-9(17(18)19)10(15-11(13)14-8)16-6-4-5-12(2,7-16)20-3/h4-7H2,1-3H3,(H2,13,14,15). The first-order valence-electron chi connectivity index (χ1n) is 6.45. The van der Waals surface area contributed by atoms with Gasteiger partial charge in [0, 0.05) is 20.2 Å². The first kappa shape index (κ1) is 14.4. The number of nitro groups is 1. The molecule has 0 spiro atoms. The van der Waals surface area contributed by atoms with E-state index in [1.807, 2.05) is 11.8 Å². The zero-order valence-corrected chi connectivity index (χ0v) is 11.9. The predicted molar refractivity (Wildman–Crippen MR) is 74.7 cm³/mol. The average molecular weight is 281 g/mol. The fourth-order valence-corrected chi connectivity index (χ4v) is 2.56. The van der Waals surface area contributed by atoms with Crippen molar-refractivity contribution in [3.63, 3.8) is 0 Å². The van der Waals surface area contributed by atoms with E-state index in [0.29, 0.717) is 13.1 Å². The van der Waals surface area contributed by atoms with Gasteiger partial charge < -0.3 is 15.4 Å². The van der Waals surface area contributed by atoms with Crippen molar-refractivity contribution in [3.8, 4) is 0 Å². The fourth-order valence-electron chi connectivity index (χ4n) is 2.56. The Bertz CT molecular complexity index is 536. The molecule has 2 rings (SSSR count). The topological polar surface area (TPSA) is 107 Å². The van der Waals surface area contributed by atoms with Gasteiger partial charge in [-0.3, -0.25) is 10.1 Å². The number of rotatable bonds is 3. The number of ether oxygens (including phenoxy) is 1. The predicted octanol–water partition coefficient (Wildman–Crippen LogP) is 1.28. The third kappa shape index (κ3) is 2.64. The van der Waals surface area contributed by atoms with Crippen LogP contribution in [-0.2, 0) is 4.74 Å². The molecular formula is C12H19N5O3. The van der Waals surface area contributed by atoms with Crippen LogP contribution in [0.1, 0.15) is 25.5 Å². The molecule has 0 bridgehead atoms. The molecule has 1 aromatic rings. The molecule has 1 aliphatic heterocycles. The van der Waals surface area contributed by atoms with Crippen LogP contribution in [0.2, 0.25) is 0 Å². The second-order valence-corrected chi connectivity index (χ2v) is 5.28. The van der Waals surface area contributed by atoms with E-state index in [4.69, 9.17) is 10.5 Å². The highest BCUT2D eigenvalue weighted by atomic mass is 16.6. The molecule has 1 aliphatic rings. The molecule has 0 aromatic carbocycles. The zero-order chi connectivity index (χ0) is 14.9. The Hall–Kier alpha value is -1.96. The van der Waals surface area contributed by atoms with Gasteiger partial charge in [0.05, 0.1) is 10.5 Å². The summed E-state index contributed by atoms with van der Waals surface area (Å²) < 4.78 is 5.51. The Balaban J connectivity index is 2.44. The molecule has 2 heterocycles. The van der Waals surface area contributed by atoms with E-state index in [1.165, 1.54) is 0 Å². The monoisotopic (exact) mass is 281 g/mol. The molecular weight excluding hydrogens is 262 g/mol. The number of hydrogen-bond donors (Lipinski definition) is 1. The van der Waals surface area contributed by atoms with Crippen LogP contribution >= 0.6 is 0 Å². The lowest BCUT2D eigenvalue weighted by atomic mass is 9.94. The molecule has 1 aromatic heterocycles. The Kier molecular flexibility index (Phi) is 3.76. The average Bonchev–Trinajstić information content (AvgIpc) is 2.37. The van der Waals surface area contributed by atoms with E-state index in [1.54, 1.807) is 14.0 Å². The van der Waals surface area contributed by atoms with E-state index in [2.05, 4.69) is 9.97 Å². The van der Waals surface area contributed by atoms with Gasteiger partial charge in [0.1, 0.15) is 5.69 Å². The van der Waals surface area contributed by atoms with Crippen LogP contribution in [0.25, 0.3) is 0 Å². The SMILES string of the molecule is COC1(C)CCCN(c2nc(N)nc(C)c2[N+](=O)[O-])C1. The summed E-state index contributed by atoms with van der Waals surface area (Å²) in [5.41, 5.74) is 5.49. The summed E-state index contributed by atoms with van der Waals surface area (Å²) in [6.45, 7) is 4.79. The van der Waals surface area contributed by atoms with E-state index < -0.39 is 4.92 Å². The summed E-state index contributed by atoms with van der Waals surface area (Å²) in [6, 6.07) is 0. The molecule has 2 N–H and O–H groups in total. The lowest BCUT2D eigenvalue weighted by molar-refractivity contribution is -0.385. The summed E-state index contributed by atoms with van der Waals surface area (Å²) in [5, 5.41) is 11.3. The minimum absolute atomic E-state index is 0.0489. The van der Waals surface area contributed by atoms with Gasteiger partial charge in [-0.25, -0.2) is 4.98 Å². The molecule has 110 valence electrons. The molecule has 8 nitrogen and oxygen atoms in total. The largest absolute Gasteiger partial charge is 0.377 e. The third-order valence-corrected chi connectivity index (χ3v) is 3.69. The molecule has 0 aliphatic carbocycles. The zero-order valence-electron chi connectivity index (χ0n) is 11.9. The maximum absolute atomic E-state index is 11.3. The van der Waals surface area contributed by atoms with Gasteiger partial charge in [-0.2, -0.15) is 4.98 Å². The molecule has 1 unspecified atom stereocenters. The molecule has 1 atom stereocenters. The number of nitrogen functional groups attached to an aromatic ring is 1. The van der Waals surface area contributed by atoms with Gasteiger partial charge in [0.2, 0.25) is 11.8 Å². The highest BCUT2D eigenvalue weighted by Gasteiger charge is 2.35. The molecule has 1 saturated heterocycles. The smallest absolute Gasteiger partial charge is 0.332 e. The van der Waals surface area contributed by atoms with Crippen molar-refractivity contribution in [1.29, 1.82) is 0 Å². The first-order chi connectivity index (χ1) is 9.36. The van der Waals surface area contributed by atoms with Crippen LogP contribution in [0.3, 0.4) is 0 Å². The number of hydrogen-bond acceptors (Lipinski definition) is 7. The van der Waals surface area contributed by atoms with Gasteiger partial charge in [-0.05, 0) is 26.7 Å². The number of aromatic nitrogens is 2. The van der Waals surface area contributed by atoms with Crippen molar-refractivity contribution in [2.75, 3.05) is 30.8 Å². The highest BCUT2D eigenvalue weighted by Crippen LogP contribution is 2.34. The number of piperidine rings is 1. The molecule has 20 heavy (non-hydrogen) atoms. The highest BCUT2D eigenvalue weighted by molar-refractivity contribution is 5.62. The van der Waals surface area contributed by atoms with Crippen LogP contribution in [-0.4, -0.2) is 40.7 Å². The van der Waals surface area contributed by atoms with Crippen molar-refractivity contribution >= 4 is 17.5 Å². The Morgan fingerprint density at radius 1 is 1.50 bits per heavy atom. The summed E-state index contributed by atoms with van der Waals surface area (Å²) in [7, 11) is 1.65. The van der Waals surface area contributed by atoms with Gasteiger partial charge in [-0.15, -0.1) is 0 Å². The quantitative estimate of drug-likeness (QED) is 0.656. The Morgan fingerprint density at radius 3 is 2.80 bits per heavy atom. The Labute approximate surface area is 117 Å². The lowest BCUT2D eigenvalue weighted by Gasteiger charge is -2.39. The lowest BCUT2D eigenvalue weighted by Crippen LogP contribution is -2.48. The summed E-state index contributed by atoms with van der Waals surface area (Å²) in [4.78, 5) is 20.6. The number of nitrogens with zero attached hydrogens (tertiary/aromatic N) is 4. The van der Waals surface area contributed by atoms with Crippen molar-refractivity contribution < 1.29 is 9.66 Å². The van der Waals surface area contributed by atoms with Gasteiger partial charge >= 0.3 is 5.69 Å². The van der Waals surface area contributed by atoms with Crippen molar-refractivity contribution in [1.82, 2.24) is 9.97 Å².